The molecule has 306 valence electrons. The molecule has 1 amide bonds. The number of aromatic nitrogens is 2. The van der Waals surface area contributed by atoms with Gasteiger partial charge < -0.3 is 29.8 Å². The molecule has 0 aliphatic carbocycles. The maximum absolute atomic E-state index is 14.3. The van der Waals surface area contributed by atoms with Gasteiger partial charge in [-0.1, -0.05) is 91.9 Å². The molecular weight excluding hydrogens is 772 g/mol. The van der Waals surface area contributed by atoms with Crippen molar-refractivity contribution in [3.8, 4) is 11.1 Å². The number of para-hydroxylation sites is 2. The molecule has 14 heteroatoms. The fourth-order valence-electron chi connectivity index (χ4n) is 8.22. The molecule has 1 aromatic heterocycles. The molecule has 5 aromatic carbocycles. The van der Waals surface area contributed by atoms with Crippen LogP contribution >= 0.6 is 0 Å². The van der Waals surface area contributed by atoms with E-state index < -0.39 is 46.8 Å². The molecule has 2 aliphatic heterocycles. The predicted octanol–water partition coefficient (Wildman–Crippen LogP) is 8.24. The summed E-state index contributed by atoms with van der Waals surface area (Å²) in [6.07, 6.45) is 0.295. The van der Waals surface area contributed by atoms with E-state index in [9.17, 15) is 36.6 Å². The second kappa shape index (κ2) is 16.9. The first-order valence-electron chi connectivity index (χ1n) is 19.4. The standard InChI is InChI=1S/C45H41F5N4O5/c1-25-35(23-53-20-18-31(19-21-53)54-34-9-5-4-8-33(34)52-45(54)57)58-44(59-42(25)28-12-10-26(24-55)11-13-28)29-16-14-27(15-17-29)32-7-3-2-6-30(32)22-51-43(56)36-37(46)39(48)41(50)40(49)38(36)47/h2-17,25,31,35,42,44,55H,18-24H2,1H3,(H,51,56)(H,52,57)/t25-,35+,42+,44+/m1/s1. The third-order valence-electron chi connectivity index (χ3n) is 11.5. The summed E-state index contributed by atoms with van der Waals surface area (Å²) in [7, 11) is 0. The van der Waals surface area contributed by atoms with E-state index in [4.69, 9.17) is 9.47 Å². The summed E-state index contributed by atoms with van der Waals surface area (Å²) in [6.45, 7) is 3.96. The predicted molar refractivity (Wildman–Crippen MR) is 210 cm³/mol. The smallest absolute Gasteiger partial charge is 0.326 e. The summed E-state index contributed by atoms with van der Waals surface area (Å²) < 4.78 is 85.1. The number of rotatable bonds is 10. The molecule has 9 nitrogen and oxygen atoms in total. The summed E-state index contributed by atoms with van der Waals surface area (Å²) in [6, 6.07) is 29.8. The summed E-state index contributed by atoms with van der Waals surface area (Å²) >= 11 is 0. The molecule has 8 rings (SSSR count). The number of ether oxygens (including phenoxy) is 2. The highest BCUT2D eigenvalue weighted by atomic mass is 19.2. The lowest BCUT2D eigenvalue weighted by Crippen LogP contribution is -2.47. The maximum atomic E-state index is 14.3. The van der Waals surface area contributed by atoms with E-state index in [1.807, 2.05) is 77.4 Å². The Bertz CT molecular complexity index is 2510. The highest BCUT2D eigenvalue weighted by molar-refractivity contribution is 5.95. The van der Waals surface area contributed by atoms with E-state index >= 15 is 0 Å². The fraction of sp³-hybridized carbons (Fsp3) is 0.289. The van der Waals surface area contributed by atoms with Crippen LogP contribution in [0.2, 0.25) is 0 Å². The monoisotopic (exact) mass is 812 g/mol. The van der Waals surface area contributed by atoms with Crippen LogP contribution in [-0.4, -0.2) is 51.2 Å². The average Bonchev–Trinajstić information content (AvgIpc) is 3.61. The second-order valence-corrected chi connectivity index (χ2v) is 15.1. The van der Waals surface area contributed by atoms with Crippen LogP contribution in [0.3, 0.4) is 0 Å². The van der Waals surface area contributed by atoms with Gasteiger partial charge in [0.1, 0.15) is 5.56 Å². The molecule has 0 unspecified atom stereocenters. The first-order chi connectivity index (χ1) is 28.5. The maximum Gasteiger partial charge on any atom is 0.326 e. The Morgan fingerprint density at radius 1 is 0.797 bits per heavy atom. The van der Waals surface area contributed by atoms with Crippen molar-refractivity contribution >= 4 is 16.9 Å². The minimum atomic E-state index is -2.34. The highest BCUT2D eigenvalue weighted by Gasteiger charge is 2.40. The van der Waals surface area contributed by atoms with Gasteiger partial charge in [0.25, 0.3) is 5.91 Å². The number of piperidine rings is 1. The zero-order valence-electron chi connectivity index (χ0n) is 31.9. The Morgan fingerprint density at radius 3 is 2.12 bits per heavy atom. The number of imidazole rings is 1. The number of fused-ring (bicyclic) bond motifs is 1. The van der Waals surface area contributed by atoms with E-state index in [-0.39, 0.29) is 43.0 Å². The van der Waals surface area contributed by atoms with E-state index in [0.717, 1.165) is 59.2 Å². The lowest BCUT2D eigenvalue weighted by molar-refractivity contribution is -0.276. The number of benzene rings is 5. The molecule has 0 spiro atoms. The SMILES string of the molecule is C[C@@H]1[C@H](CN2CCC(n3c(=O)[nH]c4ccccc43)CC2)O[C@H](c2ccc(-c3ccccc3CNC(=O)c3c(F)c(F)c(F)c(F)c3F)cc2)O[C@@H]1c1ccc(CO)cc1. The summed E-state index contributed by atoms with van der Waals surface area (Å²) in [5.74, 6) is -12.7. The molecule has 0 saturated carbocycles. The lowest BCUT2D eigenvalue weighted by Gasteiger charge is -2.44. The van der Waals surface area contributed by atoms with E-state index in [2.05, 4.69) is 22.1 Å². The van der Waals surface area contributed by atoms with Gasteiger partial charge in [-0.2, -0.15) is 0 Å². The summed E-state index contributed by atoms with van der Waals surface area (Å²) in [4.78, 5) is 30.9. The number of halogens is 5. The van der Waals surface area contributed by atoms with Crippen LogP contribution in [0.1, 0.15) is 70.8 Å². The van der Waals surface area contributed by atoms with E-state index in [1.54, 1.807) is 24.3 Å². The van der Waals surface area contributed by atoms with Crippen molar-refractivity contribution in [2.45, 2.75) is 57.5 Å². The number of nitrogens with one attached hydrogen (secondary N) is 2. The molecule has 6 aromatic rings. The van der Waals surface area contributed by atoms with Gasteiger partial charge in [0.15, 0.2) is 29.6 Å². The van der Waals surface area contributed by atoms with Crippen LogP contribution in [0.15, 0.2) is 102 Å². The Kier molecular flexibility index (Phi) is 11.5. The largest absolute Gasteiger partial charge is 0.392 e. The van der Waals surface area contributed by atoms with Gasteiger partial charge in [-0.15, -0.1) is 0 Å². The van der Waals surface area contributed by atoms with Crippen LogP contribution in [0.4, 0.5) is 22.0 Å². The van der Waals surface area contributed by atoms with Crippen molar-refractivity contribution in [2.75, 3.05) is 19.6 Å². The van der Waals surface area contributed by atoms with Gasteiger partial charge >= 0.3 is 5.69 Å². The van der Waals surface area contributed by atoms with Crippen molar-refractivity contribution in [3.63, 3.8) is 0 Å². The number of hydrogen-bond acceptors (Lipinski definition) is 6. The topological polar surface area (TPSA) is 109 Å². The molecule has 0 bridgehead atoms. The van der Waals surface area contributed by atoms with Gasteiger partial charge in [-0.05, 0) is 52.8 Å². The molecular formula is C45H41F5N4O5. The van der Waals surface area contributed by atoms with E-state index in [0.29, 0.717) is 17.7 Å². The van der Waals surface area contributed by atoms with Crippen LogP contribution in [0.25, 0.3) is 22.2 Å². The number of aliphatic hydroxyl groups is 1. The zero-order valence-corrected chi connectivity index (χ0v) is 31.9. The first kappa shape index (κ1) is 40.1. The van der Waals surface area contributed by atoms with Crippen LogP contribution < -0.4 is 11.0 Å². The molecule has 2 fully saturated rings. The number of carbonyl (C=O) groups is 1. The third kappa shape index (κ3) is 7.93. The highest BCUT2D eigenvalue weighted by Crippen LogP contribution is 2.42. The van der Waals surface area contributed by atoms with Crippen LogP contribution in [0.5, 0.6) is 0 Å². The number of amides is 1. The summed E-state index contributed by atoms with van der Waals surface area (Å²) in [5, 5.41) is 11.9. The molecule has 2 aliphatic rings. The van der Waals surface area contributed by atoms with Crippen molar-refractivity contribution in [1.29, 1.82) is 0 Å². The van der Waals surface area contributed by atoms with Gasteiger partial charge in [-0.25, -0.2) is 26.7 Å². The van der Waals surface area contributed by atoms with E-state index in [1.165, 1.54) is 0 Å². The Hall–Kier alpha value is -5.67. The number of likely N-dealkylation sites (tertiary alicyclic amines) is 1. The molecule has 59 heavy (non-hydrogen) atoms. The normalized spacial score (nSPS) is 20.3. The number of carbonyl (C=O) groups excluding carboxylic acids is 1. The minimum absolute atomic E-state index is 0.0496. The number of hydrogen-bond donors (Lipinski definition) is 3. The lowest BCUT2D eigenvalue weighted by atomic mass is 9.89. The molecule has 3 heterocycles. The van der Waals surface area contributed by atoms with Crippen molar-refractivity contribution < 1.29 is 41.3 Å². The van der Waals surface area contributed by atoms with Gasteiger partial charge in [0, 0.05) is 43.7 Å². The molecule has 2 saturated heterocycles. The van der Waals surface area contributed by atoms with Crippen molar-refractivity contribution in [2.24, 2.45) is 5.92 Å². The number of aliphatic hydroxyl groups excluding tert-OH is 1. The number of nitrogens with zero attached hydrogens (tertiary/aromatic N) is 2. The van der Waals surface area contributed by atoms with Gasteiger partial charge in [-0.3, -0.25) is 9.36 Å². The molecule has 0 radical (unpaired) electrons. The fourth-order valence-corrected chi connectivity index (χ4v) is 8.22. The molecule has 4 atom stereocenters. The van der Waals surface area contributed by atoms with Crippen LogP contribution in [0, 0.1) is 35.0 Å². The Balaban J connectivity index is 0.992. The third-order valence-corrected chi connectivity index (χ3v) is 11.5. The number of aromatic amines is 1. The minimum Gasteiger partial charge on any atom is -0.392 e. The van der Waals surface area contributed by atoms with Crippen molar-refractivity contribution in [3.05, 3.63) is 164 Å². The molecule has 3 N–H and O–H groups in total. The quantitative estimate of drug-likeness (QED) is 0.0731. The average molecular weight is 813 g/mol. The second-order valence-electron chi connectivity index (χ2n) is 15.1. The Labute approximate surface area is 336 Å². The number of H-pyrrole nitrogens is 1. The van der Waals surface area contributed by atoms with Gasteiger partial charge in [0.05, 0.1) is 29.8 Å². The van der Waals surface area contributed by atoms with Crippen molar-refractivity contribution in [1.82, 2.24) is 19.8 Å². The zero-order chi connectivity index (χ0) is 41.4. The van der Waals surface area contributed by atoms with Gasteiger partial charge in [0.2, 0.25) is 5.82 Å². The Morgan fingerprint density at radius 2 is 1.42 bits per heavy atom. The first-order valence-corrected chi connectivity index (χ1v) is 19.4. The summed E-state index contributed by atoms with van der Waals surface area (Å²) in [5.41, 5.74) is 4.47. The van der Waals surface area contributed by atoms with Crippen LogP contribution in [-0.2, 0) is 22.6 Å².